The Morgan fingerprint density at radius 2 is 1.63 bits per heavy atom. The SMILES string of the molecule is CCC(C)NC(=O)C(C)N(Cc1cccc(Br)c1)C(=O)CN(c1ccccc1OC)S(=O)(=O)c1ccc(OC)cc1. The van der Waals surface area contributed by atoms with Gasteiger partial charge in [-0.15, -0.1) is 0 Å². The minimum absolute atomic E-state index is 0.0295. The number of benzene rings is 3. The van der Waals surface area contributed by atoms with E-state index in [9.17, 15) is 18.0 Å². The van der Waals surface area contributed by atoms with E-state index in [1.807, 2.05) is 38.1 Å². The van der Waals surface area contributed by atoms with Gasteiger partial charge in [-0.25, -0.2) is 8.42 Å². The molecule has 0 bridgehead atoms. The number of anilines is 1. The fraction of sp³-hybridized carbons (Fsp3) is 0.333. The highest BCUT2D eigenvalue weighted by atomic mass is 79.9. The molecule has 2 amide bonds. The molecule has 41 heavy (non-hydrogen) atoms. The molecular weight excluding hydrogens is 610 g/mol. The van der Waals surface area contributed by atoms with Crippen LogP contribution in [0.25, 0.3) is 0 Å². The molecule has 2 atom stereocenters. The first-order valence-corrected chi connectivity index (χ1v) is 15.4. The molecule has 0 radical (unpaired) electrons. The number of rotatable bonds is 13. The summed E-state index contributed by atoms with van der Waals surface area (Å²) in [6, 6.07) is 18.9. The largest absolute Gasteiger partial charge is 0.497 e. The van der Waals surface area contributed by atoms with E-state index in [4.69, 9.17) is 9.47 Å². The van der Waals surface area contributed by atoms with Crippen molar-refractivity contribution in [3.8, 4) is 11.5 Å². The van der Waals surface area contributed by atoms with Gasteiger partial charge < -0.3 is 19.7 Å². The standard InChI is InChI=1S/C30H36BrN3O6S/c1-6-21(2)32-30(36)22(3)33(19-23-10-9-11-24(31)18-23)29(35)20-34(27-12-7-8-13-28(27)40-5)41(37,38)26-16-14-25(39-4)15-17-26/h7-18,21-22H,6,19-20H2,1-5H3,(H,32,36). The molecule has 2 unspecified atom stereocenters. The zero-order valence-electron chi connectivity index (χ0n) is 23.8. The first-order valence-electron chi connectivity index (χ1n) is 13.2. The second-order valence-corrected chi connectivity index (χ2v) is 12.3. The molecule has 0 spiro atoms. The molecule has 0 aliphatic carbocycles. The number of methoxy groups -OCH3 is 2. The lowest BCUT2D eigenvalue weighted by molar-refractivity contribution is -0.139. The number of nitrogens with one attached hydrogen (secondary N) is 1. The van der Waals surface area contributed by atoms with Crippen molar-refractivity contribution in [2.75, 3.05) is 25.1 Å². The summed E-state index contributed by atoms with van der Waals surface area (Å²) in [6.45, 7) is 5.00. The predicted molar refractivity (Wildman–Crippen MR) is 163 cm³/mol. The lowest BCUT2D eigenvalue weighted by Crippen LogP contribution is -2.52. The van der Waals surface area contributed by atoms with E-state index in [2.05, 4.69) is 21.2 Å². The Balaban J connectivity index is 2.07. The predicted octanol–water partition coefficient (Wildman–Crippen LogP) is 4.99. The summed E-state index contributed by atoms with van der Waals surface area (Å²) in [6.07, 6.45) is 0.722. The van der Waals surface area contributed by atoms with E-state index < -0.39 is 28.5 Å². The number of hydrogen-bond acceptors (Lipinski definition) is 6. The van der Waals surface area contributed by atoms with Crippen LogP contribution in [0, 0.1) is 0 Å². The molecule has 3 rings (SSSR count). The molecule has 220 valence electrons. The molecule has 3 aromatic rings. The van der Waals surface area contributed by atoms with Crippen LogP contribution in [-0.4, -0.2) is 58.0 Å². The van der Waals surface area contributed by atoms with E-state index in [-0.39, 0.29) is 34.8 Å². The molecule has 11 heteroatoms. The van der Waals surface area contributed by atoms with Crippen molar-refractivity contribution in [1.82, 2.24) is 10.2 Å². The zero-order chi connectivity index (χ0) is 30.2. The molecular formula is C30H36BrN3O6S. The van der Waals surface area contributed by atoms with Crippen LogP contribution in [-0.2, 0) is 26.2 Å². The summed E-state index contributed by atoms with van der Waals surface area (Å²) in [5, 5.41) is 2.93. The van der Waals surface area contributed by atoms with Crippen molar-refractivity contribution in [2.24, 2.45) is 0 Å². The maximum absolute atomic E-state index is 14.1. The Bertz CT molecular complexity index is 1450. The van der Waals surface area contributed by atoms with Gasteiger partial charge in [0.05, 0.1) is 24.8 Å². The van der Waals surface area contributed by atoms with Gasteiger partial charge in [0.1, 0.15) is 24.1 Å². The lowest BCUT2D eigenvalue weighted by Gasteiger charge is -2.32. The highest BCUT2D eigenvalue weighted by Gasteiger charge is 2.34. The Hall–Kier alpha value is -3.57. The third-order valence-corrected chi connectivity index (χ3v) is 8.96. The molecule has 0 aliphatic rings. The van der Waals surface area contributed by atoms with Crippen LogP contribution in [0.4, 0.5) is 5.69 Å². The number of nitrogens with zero attached hydrogens (tertiary/aromatic N) is 2. The van der Waals surface area contributed by atoms with Gasteiger partial charge in [0, 0.05) is 17.1 Å². The molecule has 0 aromatic heterocycles. The Kier molecular flexibility index (Phi) is 11.2. The Labute approximate surface area is 250 Å². The number of amides is 2. The molecule has 0 fully saturated rings. The van der Waals surface area contributed by atoms with Gasteiger partial charge in [0.15, 0.2) is 0 Å². The highest BCUT2D eigenvalue weighted by molar-refractivity contribution is 9.10. The van der Waals surface area contributed by atoms with Crippen molar-refractivity contribution < 1.29 is 27.5 Å². The number of carbonyl (C=O) groups is 2. The van der Waals surface area contributed by atoms with E-state index in [1.165, 1.54) is 43.4 Å². The highest BCUT2D eigenvalue weighted by Crippen LogP contribution is 2.33. The van der Waals surface area contributed by atoms with Gasteiger partial charge in [-0.05, 0) is 74.4 Å². The van der Waals surface area contributed by atoms with Crippen LogP contribution in [0.1, 0.15) is 32.8 Å². The summed E-state index contributed by atoms with van der Waals surface area (Å²) in [5.74, 6) is -0.118. The van der Waals surface area contributed by atoms with E-state index in [0.29, 0.717) is 5.75 Å². The van der Waals surface area contributed by atoms with Crippen LogP contribution in [0.2, 0.25) is 0 Å². The molecule has 3 aromatic carbocycles. The van der Waals surface area contributed by atoms with Gasteiger partial charge >= 0.3 is 0 Å². The average Bonchev–Trinajstić information content (AvgIpc) is 2.98. The minimum Gasteiger partial charge on any atom is -0.497 e. The van der Waals surface area contributed by atoms with Crippen LogP contribution < -0.4 is 19.1 Å². The fourth-order valence-electron chi connectivity index (χ4n) is 4.10. The molecule has 1 N–H and O–H groups in total. The lowest BCUT2D eigenvalue weighted by atomic mass is 10.1. The van der Waals surface area contributed by atoms with Crippen molar-refractivity contribution in [1.29, 1.82) is 0 Å². The number of para-hydroxylation sites is 2. The first kappa shape index (κ1) is 32.0. The zero-order valence-corrected chi connectivity index (χ0v) is 26.2. The monoisotopic (exact) mass is 645 g/mol. The molecule has 0 saturated carbocycles. The van der Waals surface area contributed by atoms with Gasteiger partial charge in [-0.3, -0.25) is 13.9 Å². The molecule has 0 aliphatic heterocycles. The Morgan fingerprint density at radius 1 is 0.951 bits per heavy atom. The van der Waals surface area contributed by atoms with Crippen LogP contribution >= 0.6 is 15.9 Å². The van der Waals surface area contributed by atoms with Crippen LogP contribution in [0.15, 0.2) is 82.2 Å². The number of halogens is 1. The van der Waals surface area contributed by atoms with E-state index in [0.717, 1.165) is 20.8 Å². The Morgan fingerprint density at radius 3 is 2.24 bits per heavy atom. The van der Waals surface area contributed by atoms with Crippen molar-refractivity contribution in [2.45, 2.75) is 50.7 Å². The normalized spacial score (nSPS) is 12.6. The summed E-state index contributed by atoms with van der Waals surface area (Å²) in [5.41, 5.74) is 0.969. The van der Waals surface area contributed by atoms with Crippen molar-refractivity contribution >= 4 is 43.5 Å². The number of hydrogen-bond donors (Lipinski definition) is 1. The number of carbonyl (C=O) groups excluding carboxylic acids is 2. The molecule has 9 nitrogen and oxygen atoms in total. The molecule has 0 saturated heterocycles. The van der Waals surface area contributed by atoms with Crippen LogP contribution in [0.3, 0.4) is 0 Å². The first-order chi connectivity index (χ1) is 19.5. The third kappa shape index (κ3) is 8.01. The smallest absolute Gasteiger partial charge is 0.264 e. The van der Waals surface area contributed by atoms with Crippen LogP contribution in [0.5, 0.6) is 11.5 Å². The molecule has 0 heterocycles. The second kappa shape index (κ2) is 14.4. The maximum atomic E-state index is 14.1. The van der Waals surface area contributed by atoms with Gasteiger partial charge in [0.2, 0.25) is 11.8 Å². The van der Waals surface area contributed by atoms with E-state index >= 15 is 0 Å². The number of sulfonamides is 1. The minimum atomic E-state index is -4.25. The van der Waals surface area contributed by atoms with Gasteiger partial charge in [-0.1, -0.05) is 47.1 Å². The summed E-state index contributed by atoms with van der Waals surface area (Å²) < 4.78 is 40.5. The van der Waals surface area contributed by atoms with Gasteiger partial charge in [0.25, 0.3) is 10.0 Å². The summed E-state index contributed by atoms with van der Waals surface area (Å²) in [4.78, 5) is 28.6. The maximum Gasteiger partial charge on any atom is 0.264 e. The topological polar surface area (TPSA) is 105 Å². The van der Waals surface area contributed by atoms with Crippen molar-refractivity contribution in [3.63, 3.8) is 0 Å². The van der Waals surface area contributed by atoms with E-state index in [1.54, 1.807) is 31.2 Å². The quantitative estimate of drug-likeness (QED) is 0.281. The second-order valence-electron chi connectivity index (χ2n) is 9.50. The summed E-state index contributed by atoms with van der Waals surface area (Å²) >= 11 is 3.45. The van der Waals surface area contributed by atoms with Crippen molar-refractivity contribution in [3.05, 3.63) is 82.8 Å². The van der Waals surface area contributed by atoms with Gasteiger partial charge in [-0.2, -0.15) is 0 Å². The third-order valence-electron chi connectivity index (χ3n) is 6.69. The average molecular weight is 647 g/mol. The number of ether oxygens (including phenoxy) is 2. The summed E-state index contributed by atoms with van der Waals surface area (Å²) in [7, 11) is -1.33. The fourth-order valence-corrected chi connectivity index (χ4v) is 5.98.